The highest BCUT2D eigenvalue weighted by Gasteiger charge is 2.30. The maximum absolute atomic E-state index is 12.4. The molecule has 1 fully saturated rings. The molecule has 102 valence electrons. The molecule has 0 spiro atoms. The topological polar surface area (TPSA) is 32.3 Å². The Hall–Kier alpha value is -0.000000000000000222. The van der Waals surface area contributed by atoms with E-state index in [4.69, 9.17) is 23.2 Å². The number of carbonyl (C=O) groups excluding carboxylic acids is 1. The molecule has 1 N–H and O–H groups in total. The molecule has 0 saturated carbocycles. The minimum Gasteiger partial charge on any atom is -0.333 e. The summed E-state index contributed by atoms with van der Waals surface area (Å²) in [6.07, 6.45) is 0. The highest BCUT2D eigenvalue weighted by molar-refractivity contribution is 7.20. The Labute approximate surface area is 127 Å². The lowest BCUT2D eigenvalue weighted by atomic mass is 10.1. The van der Waals surface area contributed by atoms with Gasteiger partial charge in [0.05, 0.1) is 9.90 Å². The highest BCUT2D eigenvalue weighted by Crippen LogP contribution is 2.32. The quantitative estimate of drug-likeness (QED) is 0.857. The number of hydrogen-bond acceptors (Lipinski definition) is 3. The van der Waals surface area contributed by atoms with Gasteiger partial charge in [-0.2, -0.15) is 0 Å². The van der Waals surface area contributed by atoms with Gasteiger partial charge >= 0.3 is 0 Å². The van der Waals surface area contributed by atoms with Crippen molar-refractivity contribution in [1.29, 1.82) is 0 Å². The molecule has 3 nitrogen and oxygen atoms in total. The monoisotopic (exact) mass is 328 g/mol. The van der Waals surface area contributed by atoms with Crippen molar-refractivity contribution in [3.8, 4) is 0 Å². The molecule has 2 atom stereocenters. The van der Waals surface area contributed by atoms with Gasteiger partial charge in [0.25, 0.3) is 5.91 Å². The molecule has 0 radical (unpaired) electrons. The molecule has 0 aromatic carbocycles. The fourth-order valence-corrected chi connectivity index (χ4v) is 3.43. The smallest absolute Gasteiger partial charge is 0.256 e. The third kappa shape index (κ3) is 3.11. The van der Waals surface area contributed by atoms with E-state index in [0.717, 1.165) is 6.54 Å². The lowest BCUT2D eigenvalue weighted by molar-refractivity contribution is 0.0603. The summed E-state index contributed by atoms with van der Waals surface area (Å²) >= 11 is 13.1. The van der Waals surface area contributed by atoms with Crippen LogP contribution >= 0.6 is 46.9 Å². The normalized spacial score (nSPS) is 23.7. The van der Waals surface area contributed by atoms with E-state index in [1.54, 1.807) is 6.07 Å². The van der Waals surface area contributed by atoms with Gasteiger partial charge < -0.3 is 10.2 Å². The van der Waals surface area contributed by atoms with Crippen LogP contribution in [-0.2, 0) is 0 Å². The maximum Gasteiger partial charge on any atom is 0.256 e. The number of nitrogens with zero attached hydrogens (tertiary/aromatic N) is 1. The van der Waals surface area contributed by atoms with Gasteiger partial charge in [0.15, 0.2) is 0 Å². The van der Waals surface area contributed by atoms with Crippen LogP contribution in [0.1, 0.15) is 24.2 Å². The van der Waals surface area contributed by atoms with Gasteiger partial charge in [-0.05, 0) is 19.9 Å². The summed E-state index contributed by atoms with van der Waals surface area (Å²) in [7, 11) is 0. The lowest BCUT2D eigenvalue weighted by Crippen LogP contribution is -2.57. The van der Waals surface area contributed by atoms with Gasteiger partial charge in [-0.1, -0.05) is 23.2 Å². The Kier molecular flexibility index (Phi) is 5.74. The van der Waals surface area contributed by atoms with Crippen molar-refractivity contribution >= 4 is 52.9 Å². The Morgan fingerprint density at radius 2 is 2.17 bits per heavy atom. The summed E-state index contributed by atoms with van der Waals surface area (Å²) in [5, 5.41) is 3.34. The van der Waals surface area contributed by atoms with Crippen LogP contribution < -0.4 is 5.32 Å². The predicted molar refractivity (Wildman–Crippen MR) is 79.6 cm³/mol. The van der Waals surface area contributed by atoms with Crippen molar-refractivity contribution in [2.75, 3.05) is 13.1 Å². The van der Waals surface area contributed by atoms with Crippen molar-refractivity contribution < 1.29 is 4.79 Å². The first-order chi connectivity index (χ1) is 8.00. The number of hydrogen-bond donors (Lipinski definition) is 1. The third-order valence-electron chi connectivity index (χ3n) is 3.18. The molecule has 18 heavy (non-hydrogen) atoms. The van der Waals surface area contributed by atoms with Crippen molar-refractivity contribution in [3.05, 3.63) is 20.3 Å². The van der Waals surface area contributed by atoms with E-state index in [2.05, 4.69) is 12.2 Å². The zero-order valence-electron chi connectivity index (χ0n) is 10.1. The Morgan fingerprint density at radius 1 is 1.50 bits per heavy atom. The van der Waals surface area contributed by atoms with Crippen molar-refractivity contribution in [2.24, 2.45) is 0 Å². The number of nitrogens with one attached hydrogen (secondary N) is 1. The van der Waals surface area contributed by atoms with Crippen LogP contribution in [-0.4, -0.2) is 36.0 Å². The number of thiophene rings is 1. The second-order valence-corrected chi connectivity index (χ2v) is 6.51. The summed E-state index contributed by atoms with van der Waals surface area (Å²) in [4.78, 5) is 14.2. The van der Waals surface area contributed by atoms with Gasteiger partial charge in [-0.3, -0.25) is 4.79 Å². The zero-order valence-corrected chi connectivity index (χ0v) is 13.2. The Bertz CT molecular complexity index is 438. The maximum atomic E-state index is 12.4. The highest BCUT2D eigenvalue weighted by atomic mass is 35.5. The number of halogens is 3. The molecule has 2 rings (SSSR count). The average Bonchev–Trinajstić information content (AvgIpc) is 2.61. The summed E-state index contributed by atoms with van der Waals surface area (Å²) in [5.74, 6) is -0.0287. The molecule has 7 heteroatoms. The van der Waals surface area contributed by atoms with E-state index in [-0.39, 0.29) is 24.4 Å². The number of carbonyl (C=O) groups is 1. The van der Waals surface area contributed by atoms with Crippen LogP contribution in [0.3, 0.4) is 0 Å². The zero-order chi connectivity index (χ0) is 12.6. The van der Waals surface area contributed by atoms with Crippen molar-refractivity contribution in [3.63, 3.8) is 0 Å². The second-order valence-electron chi connectivity index (χ2n) is 4.22. The van der Waals surface area contributed by atoms with Crippen LogP contribution in [0.4, 0.5) is 0 Å². The lowest BCUT2D eigenvalue weighted by Gasteiger charge is -2.38. The van der Waals surface area contributed by atoms with E-state index >= 15 is 0 Å². The van der Waals surface area contributed by atoms with E-state index in [1.807, 2.05) is 11.8 Å². The van der Waals surface area contributed by atoms with Crippen LogP contribution in [0.5, 0.6) is 0 Å². The summed E-state index contributed by atoms with van der Waals surface area (Å²) in [6.45, 7) is 5.63. The molecule has 0 bridgehead atoms. The predicted octanol–water partition coefficient (Wildman–Crippen LogP) is 3.30. The molecule has 1 aliphatic heterocycles. The largest absolute Gasteiger partial charge is 0.333 e. The van der Waals surface area contributed by atoms with Gasteiger partial charge in [-0.15, -0.1) is 23.7 Å². The molecule has 1 amide bonds. The van der Waals surface area contributed by atoms with E-state index in [0.29, 0.717) is 26.8 Å². The molecule has 2 heterocycles. The van der Waals surface area contributed by atoms with E-state index in [1.165, 1.54) is 11.3 Å². The molecule has 1 saturated heterocycles. The van der Waals surface area contributed by atoms with Crippen LogP contribution in [0, 0.1) is 0 Å². The van der Waals surface area contributed by atoms with Crippen molar-refractivity contribution in [2.45, 2.75) is 25.9 Å². The first kappa shape index (κ1) is 16.1. The van der Waals surface area contributed by atoms with Crippen molar-refractivity contribution in [1.82, 2.24) is 10.2 Å². The summed E-state index contributed by atoms with van der Waals surface area (Å²) in [6, 6.07) is 2.10. The van der Waals surface area contributed by atoms with Crippen LogP contribution in [0.25, 0.3) is 0 Å². The average molecular weight is 330 g/mol. The Balaban J connectivity index is 0.00000162. The first-order valence-electron chi connectivity index (χ1n) is 5.50. The Morgan fingerprint density at radius 3 is 2.72 bits per heavy atom. The minimum atomic E-state index is -0.0287. The molecule has 1 aliphatic rings. The standard InChI is InChI=1S/C11H14Cl2N2OS.ClH/c1-6-7(2)15(4-3-14-6)11(16)8-5-9(12)17-10(8)13;/h5-7,14H,3-4H2,1-2H3;1H. The number of rotatable bonds is 1. The second kappa shape index (κ2) is 6.44. The van der Waals surface area contributed by atoms with E-state index in [9.17, 15) is 4.79 Å². The van der Waals surface area contributed by atoms with Gasteiger partial charge in [0.2, 0.25) is 0 Å². The molecular weight excluding hydrogens is 315 g/mol. The molecule has 1 aromatic rings. The SMILES string of the molecule is CC1NCCN(C(=O)c2cc(Cl)sc2Cl)C1C.Cl. The van der Waals surface area contributed by atoms with Gasteiger partial charge in [0.1, 0.15) is 4.34 Å². The fraction of sp³-hybridized carbons (Fsp3) is 0.545. The summed E-state index contributed by atoms with van der Waals surface area (Å²) in [5.41, 5.74) is 0.516. The number of amides is 1. The van der Waals surface area contributed by atoms with Gasteiger partial charge in [0, 0.05) is 25.2 Å². The third-order valence-corrected chi connectivity index (χ3v) is 4.67. The summed E-state index contributed by atoms with van der Waals surface area (Å²) < 4.78 is 1.02. The minimum absolute atomic E-state index is 0. The van der Waals surface area contributed by atoms with Crippen LogP contribution in [0.15, 0.2) is 6.07 Å². The first-order valence-corrected chi connectivity index (χ1v) is 7.07. The fourth-order valence-electron chi connectivity index (χ4n) is 1.98. The van der Waals surface area contributed by atoms with Crippen LogP contribution in [0.2, 0.25) is 8.67 Å². The number of piperazine rings is 1. The molecule has 0 aliphatic carbocycles. The van der Waals surface area contributed by atoms with Gasteiger partial charge in [-0.25, -0.2) is 0 Å². The molecule has 2 unspecified atom stereocenters. The molecular formula is C11H15Cl3N2OS. The van der Waals surface area contributed by atoms with E-state index < -0.39 is 0 Å². The molecule has 1 aromatic heterocycles.